The standard InChI is InChI=1S/C30H24NO/c1-19-13-15-24-29-23-12-8-7-11-22(23)14-16-27(29)32-30(24)28(19)26-17-25(20(2)18-31(26)3)21-9-5-4-6-10-21/h4-18H,1-3H3/q+1. The zero-order valence-corrected chi connectivity index (χ0v) is 18.5. The van der Waals surface area contributed by atoms with E-state index in [0.717, 1.165) is 22.4 Å². The van der Waals surface area contributed by atoms with E-state index in [0.29, 0.717) is 0 Å². The number of aryl methyl sites for hydroxylation is 3. The molecule has 2 heterocycles. The number of fused-ring (bicyclic) bond motifs is 5. The second-order valence-electron chi connectivity index (χ2n) is 8.63. The van der Waals surface area contributed by atoms with Crippen molar-refractivity contribution in [2.75, 3.05) is 0 Å². The molecular formula is C30H24NO+. The second kappa shape index (κ2) is 7.06. The summed E-state index contributed by atoms with van der Waals surface area (Å²) in [7, 11) is 2.12. The van der Waals surface area contributed by atoms with Crippen molar-refractivity contribution in [1.29, 1.82) is 0 Å². The van der Waals surface area contributed by atoms with E-state index in [9.17, 15) is 0 Å². The molecular weight excluding hydrogens is 390 g/mol. The molecule has 0 aliphatic rings. The van der Waals surface area contributed by atoms with Crippen molar-refractivity contribution >= 4 is 32.7 Å². The third-order valence-electron chi connectivity index (χ3n) is 6.55. The second-order valence-corrected chi connectivity index (χ2v) is 8.63. The van der Waals surface area contributed by atoms with Gasteiger partial charge in [-0.1, -0.05) is 72.8 Å². The Kier molecular flexibility index (Phi) is 4.16. The molecule has 0 saturated carbocycles. The average Bonchev–Trinajstić information content (AvgIpc) is 3.19. The highest BCUT2D eigenvalue weighted by Gasteiger charge is 2.23. The van der Waals surface area contributed by atoms with Crippen molar-refractivity contribution in [3.8, 4) is 22.4 Å². The van der Waals surface area contributed by atoms with Gasteiger partial charge in [-0.15, -0.1) is 0 Å². The number of pyridine rings is 1. The van der Waals surface area contributed by atoms with Crippen LogP contribution in [-0.4, -0.2) is 0 Å². The van der Waals surface area contributed by atoms with Crippen molar-refractivity contribution in [2.24, 2.45) is 7.05 Å². The number of nitrogens with zero attached hydrogens (tertiary/aromatic N) is 1. The van der Waals surface area contributed by atoms with Gasteiger partial charge in [0.2, 0.25) is 5.69 Å². The lowest BCUT2D eigenvalue weighted by Gasteiger charge is -2.10. The summed E-state index contributed by atoms with van der Waals surface area (Å²) < 4.78 is 8.76. The van der Waals surface area contributed by atoms with Crippen molar-refractivity contribution in [1.82, 2.24) is 0 Å². The van der Waals surface area contributed by atoms with Crippen LogP contribution in [0.4, 0.5) is 0 Å². The fourth-order valence-corrected chi connectivity index (χ4v) is 4.99. The SMILES string of the molecule is Cc1c[n+](C)c(-c2c(C)ccc3c2oc2ccc4ccccc4c23)cc1-c1ccccc1. The largest absolute Gasteiger partial charge is 0.455 e. The predicted molar refractivity (Wildman–Crippen MR) is 133 cm³/mol. The first-order valence-corrected chi connectivity index (χ1v) is 11.0. The average molecular weight is 415 g/mol. The van der Waals surface area contributed by atoms with E-state index in [-0.39, 0.29) is 0 Å². The molecule has 32 heavy (non-hydrogen) atoms. The van der Waals surface area contributed by atoms with Crippen LogP contribution in [0.5, 0.6) is 0 Å². The molecule has 4 aromatic carbocycles. The first-order valence-electron chi connectivity index (χ1n) is 11.0. The monoisotopic (exact) mass is 414 g/mol. The molecule has 2 heteroatoms. The van der Waals surface area contributed by atoms with E-state index in [4.69, 9.17) is 4.42 Å². The Hall–Kier alpha value is -3.91. The maximum absolute atomic E-state index is 6.54. The minimum Gasteiger partial charge on any atom is -0.455 e. The summed E-state index contributed by atoms with van der Waals surface area (Å²) in [6.45, 7) is 4.34. The van der Waals surface area contributed by atoms with Crippen molar-refractivity contribution in [2.45, 2.75) is 13.8 Å². The van der Waals surface area contributed by atoms with Crippen molar-refractivity contribution in [3.63, 3.8) is 0 Å². The Balaban J connectivity index is 1.70. The third kappa shape index (κ3) is 2.76. The zero-order valence-electron chi connectivity index (χ0n) is 18.5. The summed E-state index contributed by atoms with van der Waals surface area (Å²) >= 11 is 0. The number of hydrogen-bond acceptors (Lipinski definition) is 1. The van der Waals surface area contributed by atoms with Crippen LogP contribution in [0, 0.1) is 13.8 Å². The summed E-state index contributed by atoms with van der Waals surface area (Å²) in [5.74, 6) is 0. The van der Waals surface area contributed by atoms with Gasteiger partial charge >= 0.3 is 0 Å². The normalized spacial score (nSPS) is 11.6. The third-order valence-corrected chi connectivity index (χ3v) is 6.55. The van der Waals surface area contributed by atoms with Crippen LogP contribution in [0.1, 0.15) is 11.1 Å². The van der Waals surface area contributed by atoms with E-state index < -0.39 is 0 Å². The summed E-state index contributed by atoms with van der Waals surface area (Å²) in [4.78, 5) is 0. The molecule has 0 N–H and O–H groups in total. The number of furan rings is 1. The van der Waals surface area contributed by atoms with Gasteiger partial charge in [0.25, 0.3) is 0 Å². The minimum absolute atomic E-state index is 0.934. The van der Waals surface area contributed by atoms with Gasteiger partial charge in [-0.2, -0.15) is 0 Å². The first-order chi connectivity index (χ1) is 15.6. The van der Waals surface area contributed by atoms with Gasteiger partial charge in [0.05, 0.1) is 5.56 Å². The number of benzene rings is 4. The van der Waals surface area contributed by atoms with Gasteiger partial charge in [-0.3, -0.25) is 0 Å². The predicted octanol–water partition coefficient (Wildman–Crippen LogP) is 7.51. The summed E-state index contributed by atoms with van der Waals surface area (Å²) in [5.41, 5.74) is 9.13. The van der Waals surface area contributed by atoms with Gasteiger partial charge in [-0.25, -0.2) is 4.57 Å². The number of hydrogen-bond donors (Lipinski definition) is 0. The maximum Gasteiger partial charge on any atom is 0.216 e. The Morgan fingerprint density at radius 2 is 1.50 bits per heavy atom. The lowest BCUT2D eigenvalue weighted by Crippen LogP contribution is -2.31. The van der Waals surface area contributed by atoms with Crippen LogP contribution in [0.15, 0.2) is 95.5 Å². The molecule has 154 valence electrons. The Bertz CT molecular complexity index is 1640. The molecule has 0 radical (unpaired) electrons. The Morgan fingerprint density at radius 1 is 0.719 bits per heavy atom. The van der Waals surface area contributed by atoms with Gasteiger partial charge in [0.1, 0.15) is 18.2 Å². The van der Waals surface area contributed by atoms with E-state index in [2.05, 4.69) is 117 Å². The fourth-order valence-electron chi connectivity index (χ4n) is 4.99. The van der Waals surface area contributed by atoms with Gasteiger partial charge < -0.3 is 4.42 Å². The molecule has 0 unspecified atom stereocenters. The van der Waals surface area contributed by atoms with Crippen molar-refractivity contribution < 1.29 is 8.98 Å². The fraction of sp³-hybridized carbons (Fsp3) is 0.100. The number of rotatable bonds is 2. The van der Waals surface area contributed by atoms with E-state index in [1.165, 1.54) is 43.8 Å². The molecule has 0 saturated heterocycles. The lowest BCUT2D eigenvalue weighted by atomic mass is 9.95. The van der Waals surface area contributed by atoms with Crippen molar-refractivity contribution in [3.05, 3.63) is 102 Å². The summed E-state index contributed by atoms with van der Waals surface area (Å²) in [6, 6.07) is 30.1. The van der Waals surface area contributed by atoms with Crippen LogP contribution in [-0.2, 0) is 7.05 Å². The van der Waals surface area contributed by atoms with Gasteiger partial charge in [-0.05, 0) is 47.4 Å². The quantitative estimate of drug-likeness (QED) is 0.268. The molecule has 2 nitrogen and oxygen atoms in total. The maximum atomic E-state index is 6.54. The summed E-state index contributed by atoms with van der Waals surface area (Å²) in [5, 5.41) is 4.82. The van der Waals surface area contributed by atoms with E-state index >= 15 is 0 Å². The lowest BCUT2D eigenvalue weighted by molar-refractivity contribution is -0.660. The molecule has 0 aliphatic heterocycles. The molecule has 6 aromatic rings. The highest BCUT2D eigenvalue weighted by atomic mass is 16.3. The smallest absolute Gasteiger partial charge is 0.216 e. The topological polar surface area (TPSA) is 17.0 Å². The molecule has 6 rings (SSSR count). The van der Waals surface area contributed by atoms with Crippen LogP contribution in [0.2, 0.25) is 0 Å². The molecule has 0 bridgehead atoms. The van der Waals surface area contributed by atoms with Gasteiger partial charge in [0.15, 0.2) is 6.20 Å². The van der Waals surface area contributed by atoms with Crippen LogP contribution in [0.3, 0.4) is 0 Å². The van der Waals surface area contributed by atoms with E-state index in [1.54, 1.807) is 0 Å². The number of aromatic nitrogens is 1. The molecule has 0 aliphatic carbocycles. The molecule has 0 amide bonds. The molecule has 2 aromatic heterocycles. The summed E-state index contributed by atoms with van der Waals surface area (Å²) in [6.07, 6.45) is 2.22. The first kappa shape index (κ1) is 18.8. The van der Waals surface area contributed by atoms with E-state index in [1.807, 2.05) is 0 Å². The Morgan fingerprint density at radius 3 is 2.34 bits per heavy atom. The van der Waals surface area contributed by atoms with Crippen LogP contribution >= 0.6 is 0 Å². The van der Waals surface area contributed by atoms with Gasteiger partial charge in [0, 0.05) is 22.4 Å². The van der Waals surface area contributed by atoms with Crippen LogP contribution < -0.4 is 4.57 Å². The molecule has 0 fully saturated rings. The molecule has 0 spiro atoms. The zero-order chi connectivity index (χ0) is 21.8. The highest BCUT2D eigenvalue weighted by molar-refractivity contribution is 6.20. The van der Waals surface area contributed by atoms with Crippen LogP contribution in [0.25, 0.3) is 55.1 Å². The Labute approximate surface area is 187 Å². The highest BCUT2D eigenvalue weighted by Crippen LogP contribution is 2.40. The molecule has 0 atom stereocenters. The minimum atomic E-state index is 0.934.